The molecule has 0 aliphatic heterocycles. The summed E-state index contributed by atoms with van der Waals surface area (Å²) in [5.74, 6) is 0.618. The van der Waals surface area contributed by atoms with Gasteiger partial charge in [-0.1, -0.05) is 30.8 Å². The predicted molar refractivity (Wildman–Crippen MR) is 77.4 cm³/mol. The Morgan fingerprint density at radius 1 is 1.35 bits per heavy atom. The number of rotatable bonds is 6. The lowest BCUT2D eigenvalue weighted by Crippen LogP contribution is -2.04. The smallest absolute Gasteiger partial charge is 0.0519 e. The van der Waals surface area contributed by atoms with E-state index in [2.05, 4.69) is 18.5 Å². The van der Waals surface area contributed by atoms with E-state index < -0.39 is 0 Å². The van der Waals surface area contributed by atoms with E-state index in [-0.39, 0.29) is 0 Å². The van der Waals surface area contributed by atoms with Gasteiger partial charge in [-0.2, -0.15) is 0 Å². The highest BCUT2D eigenvalue weighted by Gasteiger charge is 2.08. The van der Waals surface area contributed by atoms with Crippen molar-refractivity contribution in [3.05, 3.63) is 47.6 Å². The first kappa shape index (κ1) is 13.9. The zero-order valence-electron chi connectivity index (χ0n) is 9.60. The van der Waals surface area contributed by atoms with Gasteiger partial charge in [-0.3, -0.25) is 0 Å². The quantitative estimate of drug-likeness (QED) is 0.760. The van der Waals surface area contributed by atoms with Crippen molar-refractivity contribution in [1.29, 1.82) is 0 Å². The molecule has 2 nitrogen and oxygen atoms in total. The molecule has 3 N–H and O–H groups in total. The largest absolute Gasteiger partial charge is 0.399 e. The molecule has 0 spiro atoms. The molecule has 0 heterocycles. The van der Waals surface area contributed by atoms with Gasteiger partial charge in [0.25, 0.3) is 0 Å². The fourth-order valence-electron chi connectivity index (χ4n) is 1.49. The first-order valence-corrected chi connectivity index (χ1v) is 6.21. The zero-order valence-corrected chi connectivity index (χ0v) is 11.1. The minimum Gasteiger partial charge on any atom is -0.399 e. The molecule has 0 saturated carbocycles. The summed E-state index contributed by atoms with van der Waals surface area (Å²) in [6.45, 7) is 7.65. The van der Waals surface area contributed by atoms with Crippen LogP contribution in [-0.4, -0.2) is 5.88 Å². The van der Waals surface area contributed by atoms with Gasteiger partial charge in [0, 0.05) is 28.5 Å². The van der Waals surface area contributed by atoms with Gasteiger partial charge >= 0.3 is 0 Å². The Bertz CT molecular complexity index is 427. The van der Waals surface area contributed by atoms with E-state index in [4.69, 9.17) is 28.9 Å². The topological polar surface area (TPSA) is 38.0 Å². The number of benzene rings is 1. The number of anilines is 1. The molecule has 0 aromatic heterocycles. The van der Waals surface area contributed by atoms with Crippen LogP contribution in [-0.2, 0) is 0 Å². The van der Waals surface area contributed by atoms with Crippen molar-refractivity contribution in [1.82, 2.24) is 0 Å². The maximum absolute atomic E-state index is 6.08. The summed E-state index contributed by atoms with van der Waals surface area (Å²) in [6.07, 6.45) is 1.69. The molecule has 1 aromatic carbocycles. The van der Waals surface area contributed by atoms with Crippen molar-refractivity contribution in [2.45, 2.75) is 12.8 Å². The Balaban J connectivity index is 2.87. The van der Waals surface area contributed by atoms with Gasteiger partial charge in [-0.15, -0.1) is 11.6 Å². The van der Waals surface area contributed by atoms with E-state index >= 15 is 0 Å². The SMILES string of the molecule is C=C(CCCCl)Nc1cccc(Cl)c1C(=C)N. The lowest BCUT2D eigenvalue weighted by Gasteiger charge is -2.14. The first-order valence-electron chi connectivity index (χ1n) is 5.30. The van der Waals surface area contributed by atoms with Crippen LogP contribution in [0.25, 0.3) is 5.70 Å². The molecule has 0 unspecified atom stereocenters. The van der Waals surface area contributed by atoms with E-state index in [1.807, 2.05) is 12.1 Å². The maximum Gasteiger partial charge on any atom is 0.0519 e. The van der Waals surface area contributed by atoms with Gasteiger partial charge in [0.1, 0.15) is 0 Å². The van der Waals surface area contributed by atoms with Gasteiger partial charge in [-0.05, 0) is 25.0 Å². The third kappa shape index (κ3) is 3.99. The Kier molecular flexibility index (Phi) is 5.39. The molecule has 1 aromatic rings. The van der Waals surface area contributed by atoms with Crippen molar-refractivity contribution >= 4 is 34.6 Å². The standard InChI is InChI=1S/C13H16Cl2N2/c1-9(5-4-8-14)17-12-7-3-6-11(15)13(12)10(2)16/h3,6-7,17H,1-2,4-5,8,16H2. The van der Waals surface area contributed by atoms with Crippen LogP contribution in [0, 0.1) is 0 Å². The Morgan fingerprint density at radius 3 is 2.65 bits per heavy atom. The third-order valence-corrected chi connectivity index (χ3v) is 2.84. The van der Waals surface area contributed by atoms with E-state index in [1.54, 1.807) is 6.07 Å². The molecule has 0 aliphatic rings. The van der Waals surface area contributed by atoms with E-state index in [0.29, 0.717) is 16.6 Å². The summed E-state index contributed by atoms with van der Waals surface area (Å²) in [6, 6.07) is 5.53. The van der Waals surface area contributed by atoms with Crippen LogP contribution in [0.3, 0.4) is 0 Å². The fourth-order valence-corrected chi connectivity index (χ4v) is 1.92. The number of alkyl halides is 1. The second kappa shape index (κ2) is 6.58. The van der Waals surface area contributed by atoms with Gasteiger partial charge in [-0.25, -0.2) is 0 Å². The van der Waals surface area contributed by atoms with Crippen molar-refractivity contribution in [3.63, 3.8) is 0 Å². The second-order valence-electron chi connectivity index (χ2n) is 3.71. The first-order chi connectivity index (χ1) is 8.06. The van der Waals surface area contributed by atoms with Gasteiger partial charge < -0.3 is 11.1 Å². The minimum atomic E-state index is 0.434. The molecule has 92 valence electrons. The van der Waals surface area contributed by atoms with Crippen LogP contribution in [0.2, 0.25) is 5.02 Å². The van der Waals surface area contributed by atoms with Crippen LogP contribution < -0.4 is 11.1 Å². The average molecular weight is 271 g/mol. The third-order valence-electron chi connectivity index (χ3n) is 2.26. The molecular formula is C13H16Cl2N2. The Hall–Kier alpha value is -1.12. The number of nitrogens with one attached hydrogen (secondary N) is 1. The average Bonchev–Trinajstić information content (AvgIpc) is 2.25. The second-order valence-corrected chi connectivity index (χ2v) is 4.49. The number of hydrogen-bond acceptors (Lipinski definition) is 2. The molecule has 0 amide bonds. The van der Waals surface area contributed by atoms with Crippen LogP contribution in [0.1, 0.15) is 18.4 Å². The zero-order chi connectivity index (χ0) is 12.8. The van der Waals surface area contributed by atoms with Crippen molar-refractivity contribution in [3.8, 4) is 0 Å². The predicted octanol–water partition coefficient (Wildman–Crippen LogP) is 4.21. The van der Waals surface area contributed by atoms with E-state index in [1.165, 1.54) is 0 Å². The van der Waals surface area contributed by atoms with E-state index in [9.17, 15) is 0 Å². The Labute approximate surface area is 112 Å². The van der Waals surface area contributed by atoms with Crippen molar-refractivity contribution in [2.24, 2.45) is 5.73 Å². The highest BCUT2D eigenvalue weighted by Crippen LogP contribution is 2.29. The van der Waals surface area contributed by atoms with Crippen LogP contribution in [0.4, 0.5) is 5.69 Å². The van der Waals surface area contributed by atoms with Crippen molar-refractivity contribution < 1.29 is 0 Å². The van der Waals surface area contributed by atoms with Crippen LogP contribution in [0.15, 0.2) is 37.1 Å². The lowest BCUT2D eigenvalue weighted by molar-refractivity contribution is 0.920. The van der Waals surface area contributed by atoms with Crippen LogP contribution >= 0.6 is 23.2 Å². The highest BCUT2D eigenvalue weighted by atomic mass is 35.5. The molecule has 17 heavy (non-hydrogen) atoms. The normalized spacial score (nSPS) is 10.0. The molecule has 1 rings (SSSR count). The molecule has 0 bridgehead atoms. The highest BCUT2D eigenvalue weighted by molar-refractivity contribution is 6.32. The number of halogens is 2. The monoisotopic (exact) mass is 270 g/mol. The summed E-state index contributed by atoms with van der Waals surface area (Å²) >= 11 is 11.7. The lowest BCUT2D eigenvalue weighted by atomic mass is 10.1. The fraction of sp³-hybridized carbons (Fsp3) is 0.231. The van der Waals surface area contributed by atoms with Crippen molar-refractivity contribution in [2.75, 3.05) is 11.2 Å². The molecule has 0 radical (unpaired) electrons. The summed E-state index contributed by atoms with van der Waals surface area (Å²) < 4.78 is 0. The maximum atomic E-state index is 6.08. The number of allylic oxidation sites excluding steroid dienone is 1. The minimum absolute atomic E-state index is 0.434. The Morgan fingerprint density at radius 2 is 2.06 bits per heavy atom. The van der Waals surface area contributed by atoms with Crippen LogP contribution in [0.5, 0.6) is 0 Å². The van der Waals surface area contributed by atoms with Gasteiger partial charge in [0.2, 0.25) is 0 Å². The number of nitrogens with two attached hydrogens (primary N) is 1. The van der Waals surface area contributed by atoms with Gasteiger partial charge in [0.05, 0.1) is 5.02 Å². The molecule has 0 saturated heterocycles. The molecule has 0 aliphatic carbocycles. The molecular weight excluding hydrogens is 255 g/mol. The van der Waals surface area contributed by atoms with Gasteiger partial charge in [0.15, 0.2) is 0 Å². The molecule has 4 heteroatoms. The van der Waals surface area contributed by atoms with E-state index in [0.717, 1.165) is 29.8 Å². The summed E-state index contributed by atoms with van der Waals surface area (Å²) in [5, 5.41) is 3.77. The summed E-state index contributed by atoms with van der Waals surface area (Å²) in [7, 11) is 0. The summed E-state index contributed by atoms with van der Waals surface area (Å²) in [5.41, 5.74) is 8.59. The number of hydrogen-bond donors (Lipinski definition) is 2. The summed E-state index contributed by atoms with van der Waals surface area (Å²) in [4.78, 5) is 0. The molecule has 0 fully saturated rings. The molecule has 0 atom stereocenters.